The highest BCUT2D eigenvalue weighted by Gasteiger charge is 2.23. The number of hydrogen-bond donors (Lipinski definition) is 1. The first-order valence-corrected chi connectivity index (χ1v) is 6.84. The molecule has 0 aromatic heterocycles. The Bertz CT molecular complexity index is 594. The minimum absolute atomic E-state index is 0.173. The van der Waals surface area contributed by atoms with Crippen LogP contribution < -0.4 is 5.73 Å². The topological polar surface area (TPSA) is 43.1 Å². The number of benzene rings is 2. The zero-order valence-electron chi connectivity index (χ0n) is 12.3. The normalized spacial score (nSPS) is 13.8. The van der Waals surface area contributed by atoms with E-state index in [1.54, 1.807) is 6.92 Å². The van der Waals surface area contributed by atoms with E-state index in [2.05, 4.69) is 31.2 Å². The van der Waals surface area contributed by atoms with E-state index in [1.807, 2.05) is 31.2 Å². The fourth-order valence-electron chi connectivity index (χ4n) is 2.32. The summed E-state index contributed by atoms with van der Waals surface area (Å²) in [6.45, 7) is 5.68. The molecule has 2 nitrogen and oxygen atoms in total. The van der Waals surface area contributed by atoms with Gasteiger partial charge < -0.3 is 5.73 Å². The number of Topliss-reactive ketones (excluding diaryl/α,β-unsaturated/α-hetero) is 1. The van der Waals surface area contributed by atoms with Gasteiger partial charge in [-0.2, -0.15) is 0 Å². The van der Waals surface area contributed by atoms with Crippen LogP contribution in [0.2, 0.25) is 0 Å². The molecule has 104 valence electrons. The van der Waals surface area contributed by atoms with E-state index < -0.39 is 5.54 Å². The lowest BCUT2D eigenvalue weighted by Gasteiger charge is -2.26. The molecule has 2 aromatic rings. The Balaban J connectivity index is 2.29. The van der Waals surface area contributed by atoms with Crippen molar-refractivity contribution in [2.75, 3.05) is 0 Å². The second-order valence-electron chi connectivity index (χ2n) is 5.64. The van der Waals surface area contributed by atoms with Crippen molar-refractivity contribution in [3.63, 3.8) is 0 Å². The van der Waals surface area contributed by atoms with Crippen molar-refractivity contribution >= 4 is 5.78 Å². The van der Waals surface area contributed by atoms with E-state index in [9.17, 15) is 4.79 Å². The number of aryl methyl sites for hydroxylation is 1. The molecule has 2 heteroatoms. The van der Waals surface area contributed by atoms with Crippen molar-refractivity contribution in [3.8, 4) is 0 Å². The van der Waals surface area contributed by atoms with Gasteiger partial charge in [0.05, 0.1) is 5.54 Å². The lowest BCUT2D eigenvalue weighted by Crippen LogP contribution is -2.34. The average molecular weight is 267 g/mol. The summed E-state index contributed by atoms with van der Waals surface area (Å²) in [7, 11) is 0. The van der Waals surface area contributed by atoms with Crippen LogP contribution in [0, 0.1) is 6.92 Å². The first kappa shape index (κ1) is 14.5. The summed E-state index contributed by atoms with van der Waals surface area (Å²) in [6, 6.07) is 16.3. The van der Waals surface area contributed by atoms with Gasteiger partial charge in [-0.1, -0.05) is 54.1 Å². The molecule has 0 spiro atoms. The molecular formula is C18H21NO. The number of nitrogens with two attached hydrogens (primary N) is 1. The molecule has 0 aliphatic heterocycles. The third kappa shape index (κ3) is 3.14. The van der Waals surface area contributed by atoms with E-state index in [-0.39, 0.29) is 5.78 Å². The molecule has 0 amide bonds. The summed E-state index contributed by atoms with van der Waals surface area (Å²) in [6.07, 6.45) is 0.478. The SMILES string of the molecule is CC(=O)Cc1ccc(C(C)(N)c2ccc(C)cc2)cc1. The zero-order chi connectivity index (χ0) is 14.8. The summed E-state index contributed by atoms with van der Waals surface area (Å²) in [5.74, 6) is 0.173. The predicted octanol–water partition coefficient (Wildman–Crippen LogP) is 3.35. The maximum absolute atomic E-state index is 11.1. The van der Waals surface area contributed by atoms with Gasteiger partial charge in [-0.25, -0.2) is 0 Å². The minimum atomic E-state index is -0.525. The van der Waals surface area contributed by atoms with Crippen LogP contribution >= 0.6 is 0 Å². The molecule has 2 rings (SSSR count). The van der Waals surface area contributed by atoms with E-state index in [4.69, 9.17) is 5.73 Å². The first-order chi connectivity index (χ1) is 9.39. The molecule has 0 radical (unpaired) electrons. The Morgan fingerprint density at radius 2 is 1.45 bits per heavy atom. The molecule has 1 unspecified atom stereocenters. The van der Waals surface area contributed by atoms with E-state index in [1.165, 1.54) is 5.56 Å². The molecule has 1 atom stereocenters. The molecule has 0 aliphatic rings. The van der Waals surface area contributed by atoms with E-state index in [0.717, 1.165) is 16.7 Å². The first-order valence-electron chi connectivity index (χ1n) is 6.84. The third-order valence-electron chi connectivity index (χ3n) is 3.66. The Hall–Kier alpha value is -1.93. The van der Waals surface area contributed by atoms with Gasteiger partial charge in [0.2, 0.25) is 0 Å². The van der Waals surface area contributed by atoms with Gasteiger partial charge in [0.25, 0.3) is 0 Å². The van der Waals surface area contributed by atoms with Crippen LogP contribution in [0.3, 0.4) is 0 Å². The molecule has 0 saturated carbocycles. The number of rotatable bonds is 4. The summed E-state index contributed by atoms with van der Waals surface area (Å²) in [4.78, 5) is 11.1. The standard InChI is InChI=1S/C18H21NO/c1-13-4-8-16(9-5-13)18(3,19)17-10-6-15(7-11-17)12-14(2)20/h4-11H,12,19H2,1-3H3. The van der Waals surface area contributed by atoms with Crippen LogP contribution in [0.4, 0.5) is 0 Å². The van der Waals surface area contributed by atoms with Crippen molar-refractivity contribution in [1.29, 1.82) is 0 Å². The van der Waals surface area contributed by atoms with Crippen LogP contribution in [0.5, 0.6) is 0 Å². The Kier molecular flexibility index (Phi) is 4.05. The lowest BCUT2D eigenvalue weighted by molar-refractivity contribution is -0.116. The Morgan fingerprint density at radius 3 is 1.90 bits per heavy atom. The zero-order valence-corrected chi connectivity index (χ0v) is 12.3. The maximum Gasteiger partial charge on any atom is 0.134 e. The molecule has 0 aliphatic carbocycles. The highest BCUT2D eigenvalue weighted by Crippen LogP contribution is 2.27. The predicted molar refractivity (Wildman–Crippen MR) is 82.6 cm³/mol. The van der Waals surface area contributed by atoms with Gasteiger partial charge in [0, 0.05) is 6.42 Å². The molecule has 0 fully saturated rings. The van der Waals surface area contributed by atoms with Crippen molar-refractivity contribution < 1.29 is 4.79 Å². The van der Waals surface area contributed by atoms with Crippen molar-refractivity contribution in [1.82, 2.24) is 0 Å². The van der Waals surface area contributed by atoms with Crippen LogP contribution in [-0.2, 0) is 16.8 Å². The fourth-order valence-corrected chi connectivity index (χ4v) is 2.32. The molecule has 0 bridgehead atoms. The second kappa shape index (κ2) is 5.59. The van der Waals surface area contributed by atoms with Crippen molar-refractivity contribution in [2.45, 2.75) is 32.7 Å². The van der Waals surface area contributed by atoms with Crippen LogP contribution in [0.15, 0.2) is 48.5 Å². The number of ketones is 1. The molecular weight excluding hydrogens is 246 g/mol. The summed E-state index contributed by atoms with van der Waals surface area (Å²) >= 11 is 0. The lowest BCUT2D eigenvalue weighted by atomic mass is 9.85. The van der Waals surface area contributed by atoms with Gasteiger partial charge in [-0.3, -0.25) is 4.79 Å². The van der Waals surface area contributed by atoms with Gasteiger partial charge in [-0.15, -0.1) is 0 Å². The summed E-state index contributed by atoms with van der Waals surface area (Å²) in [5, 5.41) is 0. The van der Waals surface area contributed by atoms with Crippen LogP contribution in [0.1, 0.15) is 36.1 Å². The highest BCUT2D eigenvalue weighted by atomic mass is 16.1. The minimum Gasteiger partial charge on any atom is -0.318 e. The molecule has 0 saturated heterocycles. The number of carbonyl (C=O) groups is 1. The molecule has 2 aromatic carbocycles. The van der Waals surface area contributed by atoms with Crippen molar-refractivity contribution in [3.05, 3.63) is 70.8 Å². The highest BCUT2D eigenvalue weighted by molar-refractivity contribution is 5.78. The third-order valence-corrected chi connectivity index (χ3v) is 3.66. The monoisotopic (exact) mass is 267 g/mol. The van der Waals surface area contributed by atoms with Crippen LogP contribution in [-0.4, -0.2) is 5.78 Å². The quantitative estimate of drug-likeness (QED) is 0.923. The Morgan fingerprint density at radius 1 is 1.00 bits per heavy atom. The average Bonchev–Trinajstić information content (AvgIpc) is 2.39. The fraction of sp³-hybridized carbons (Fsp3) is 0.278. The van der Waals surface area contributed by atoms with Gasteiger partial charge in [0.1, 0.15) is 5.78 Å². The van der Waals surface area contributed by atoms with Crippen molar-refractivity contribution in [2.24, 2.45) is 5.73 Å². The number of carbonyl (C=O) groups excluding carboxylic acids is 1. The summed E-state index contributed by atoms with van der Waals surface area (Å²) < 4.78 is 0. The second-order valence-corrected chi connectivity index (χ2v) is 5.64. The molecule has 20 heavy (non-hydrogen) atoms. The smallest absolute Gasteiger partial charge is 0.134 e. The Labute approximate surface area is 120 Å². The van der Waals surface area contributed by atoms with Gasteiger partial charge in [-0.05, 0) is 37.5 Å². The van der Waals surface area contributed by atoms with Crippen LogP contribution in [0.25, 0.3) is 0 Å². The largest absolute Gasteiger partial charge is 0.318 e. The summed E-state index contributed by atoms with van der Waals surface area (Å²) in [5.41, 5.74) is 10.4. The maximum atomic E-state index is 11.1. The molecule has 2 N–H and O–H groups in total. The van der Waals surface area contributed by atoms with Gasteiger partial charge in [0.15, 0.2) is 0 Å². The van der Waals surface area contributed by atoms with Gasteiger partial charge >= 0.3 is 0 Å². The number of hydrogen-bond acceptors (Lipinski definition) is 2. The van der Waals surface area contributed by atoms with E-state index in [0.29, 0.717) is 6.42 Å². The van der Waals surface area contributed by atoms with E-state index >= 15 is 0 Å². The molecule has 0 heterocycles.